The summed E-state index contributed by atoms with van der Waals surface area (Å²) in [5.41, 5.74) is 1.20. The van der Waals surface area contributed by atoms with E-state index in [1.54, 1.807) is 12.1 Å². The molecule has 1 aromatic rings. The third kappa shape index (κ3) is 6.10. The number of rotatable bonds is 7. The van der Waals surface area contributed by atoms with Crippen molar-refractivity contribution in [1.82, 2.24) is 15.5 Å². The summed E-state index contributed by atoms with van der Waals surface area (Å²) in [6.07, 6.45) is 4.09. The summed E-state index contributed by atoms with van der Waals surface area (Å²) < 4.78 is 0. The molecular weight excluding hydrogens is 304 g/mol. The smallest absolute Gasteiger partial charge is 0.244 e. The second kappa shape index (κ2) is 9.80. The van der Waals surface area contributed by atoms with Crippen LogP contribution in [-0.4, -0.2) is 54.6 Å². The maximum absolute atomic E-state index is 12.0. The average molecular weight is 332 g/mol. The maximum Gasteiger partial charge on any atom is 0.244 e. The number of hydrogen-bond acceptors (Lipinski definition) is 3. The van der Waals surface area contributed by atoms with Crippen LogP contribution in [0, 0.1) is 0 Å². The van der Waals surface area contributed by atoms with E-state index >= 15 is 0 Å². The summed E-state index contributed by atoms with van der Waals surface area (Å²) in [4.78, 5) is 18.3. The van der Waals surface area contributed by atoms with Gasteiger partial charge in [-0.25, -0.2) is 4.99 Å². The lowest BCUT2D eigenvalue weighted by molar-refractivity contribution is -0.128. The fraction of sp³-hybridized carbons (Fsp3) is 0.556. The zero-order valence-electron chi connectivity index (χ0n) is 14.4. The lowest BCUT2D eigenvalue weighted by Crippen LogP contribution is -2.39. The monoisotopic (exact) mass is 332 g/mol. The van der Waals surface area contributed by atoms with E-state index in [0.717, 1.165) is 51.9 Å². The van der Waals surface area contributed by atoms with Crippen molar-refractivity contribution < 1.29 is 9.90 Å². The number of nitrogens with zero attached hydrogens (tertiary/aromatic N) is 2. The normalized spacial score (nSPS) is 14.7. The molecule has 0 unspecified atom stereocenters. The highest BCUT2D eigenvalue weighted by atomic mass is 16.3. The van der Waals surface area contributed by atoms with Gasteiger partial charge in [0.2, 0.25) is 5.91 Å². The third-order valence-electron chi connectivity index (χ3n) is 4.05. The van der Waals surface area contributed by atoms with E-state index in [1.807, 2.05) is 24.0 Å². The number of aliphatic imine (C=N–C) groups is 1. The molecule has 0 bridgehead atoms. The third-order valence-corrected chi connectivity index (χ3v) is 4.05. The number of carbonyl (C=O) groups excluding carboxylic acids is 1. The van der Waals surface area contributed by atoms with Crippen molar-refractivity contribution in [2.24, 2.45) is 4.99 Å². The molecule has 1 aromatic carbocycles. The van der Waals surface area contributed by atoms with E-state index in [9.17, 15) is 9.90 Å². The molecule has 0 radical (unpaired) electrons. The molecule has 3 N–H and O–H groups in total. The Kier molecular flexibility index (Phi) is 7.39. The molecule has 2 rings (SSSR count). The molecule has 1 amide bonds. The molecular formula is C18H28N4O2. The van der Waals surface area contributed by atoms with Crippen molar-refractivity contribution in [3.8, 4) is 5.75 Å². The fourth-order valence-electron chi connectivity index (χ4n) is 2.72. The van der Waals surface area contributed by atoms with Crippen LogP contribution in [0.4, 0.5) is 0 Å². The molecule has 1 aliphatic rings. The zero-order valence-corrected chi connectivity index (χ0v) is 14.4. The number of carbonyl (C=O) groups is 1. The topological polar surface area (TPSA) is 77.0 Å². The number of nitrogens with one attached hydrogen (secondary N) is 2. The van der Waals surface area contributed by atoms with Gasteiger partial charge in [-0.3, -0.25) is 4.79 Å². The van der Waals surface area contributed by atoms with Crippen LogP contribution in [0.1, 0.15) is 31.7 Å². The summed E-state index contributed by atoms with van der Waals surface area (Å²) in [5, 5.41) is 15.7. The highest BCUT2D eigenvalue weighted by molar-refractivity contribution is 5.85. The molecule has 24 heavy (non-hydrogen) atoms. The number of benzene rings is 1. The predicted octanol–water partition coefficient (Wildman–Crippen LogP) is 1.50. The van der Waals surface area contributed by atoms with Crippen molar-refractivity contribution in [2.45, 2.75) is 32.6 Å². The Hall–Kier alpha value is -2.24. The molecule has 1 heterocycles. The van der Waals surface area contributed by atoms with Crippen LogP contribution in [0.15, 0.2) is 29.3 Å². The van der Waals surface area contributed by atoms with Gasteiger partial charge in [0, 0.05) is 26.2 Å². The Morgan fingerprint density at radius 1 is 1.21 bits per heavy atom. The molecule has 1 fully saturated rings. The summed E-state index contributed by atoms with van der Waals surface area (Å²) >= 11 is 0. The molecule has 1 aliphatic heterocycles. The van der Waals surface area contributed by atoms with Gasteiger partial charge in [0.1, 0.15) is 12.3 Å². The first-order valence-electron chi connectivity index (χ1n) is 8.77. The van der Waals surface area contributed by atoms with Gasteiger partial charge in [-0.05, 0) is 50.3 Å². The standard InChI is InChI=1S/C18H28N4O2/c1-2-19-18(21-14-17(24)22-12-3-4-13-22)20-11-5-6-15-7-9-16(23)10-8-15/h7-10,23H,2-6,11-14H2,1H3,(H2,19,20,21). The van der Waals surface area contributed by atoms with Gasteiger partial charge in [0.05, 0.1) is 0 Å². The van der Waals surface area contributed by atoms with Gasteiger partial charge >= 0.3 is 0 Å². The van der Waals surface area contributed by atoms with Crippen LogP contribution in [0.25, 0.3) is 0 Å². The van der Waals surface area contributed by atoms with Crippen LogP contribution >= 0.6 is 0 Å². The second-order valence-corrected chi connectivity index (χ2v) is 5.98. The number of aryl methyl sites for hydroxylation is 1. The van der Waals surface area contributed by atoms with Crippen molar-refractivity contribution in [3.63, 3.8) is 0 Å². The number of phenols is 1. The van der Waals surface area contributed by atoms with Crippen LogP contribution in [-0.2, 0) is 11.2 Å². The van der Waals surface area contributed by atoms with Crippen molar-refractivity contribution in [1.29, 1.82) is 0 Å². The molecule has 0 saturated carbocycles. The Morgan fingerprint density at radius 2 is 1.92 bits per heavy atom. The number of likely N-dealkylation sites (tertiary alicyclic amines) is 1. The minimum absolute atomic E-state index is 0.105. The largest absolute Gasteiger partial charge is 0.508 e. The molecule has 6 heteroatoms. The zero-order chi connectivity index (χ0) is 17.2. The van der Waals surface area contributed by atoms with E-state index in [4.69, 9.17) is 0 Å². The minimum atomic E-state index is 0.105. The molecule has 0 spiro atoms. The quantitative estimate of drug-likeness (QED) is 0.402. The number of amides is 1. The molecule has 0 aliphatic carbocycles. The molecule has 132 valence electrons. The average Bonchev–Trinajstić information content (AvgIpc) is 3.12. The number of aromatic hydroxyl groups is 1. The Bertz CT molecular complexity index is 536. The van der Waals surface area contributed by atoms with Crippen molar-refractivity contribution in [3.05, 3.63) is 29.8 Å². The molecule has 1 saturated heterocycles. The van der Waals surface area contributed by atoms with E-state index in [-0.39, 0.29) is 12.5 Å². The van der Waals surface area contributed by atoms with E-state index in [0.29, 0.717) is 11.7 Å². The molecule has 0 atom stereocenters. The van der Waals surface area contributed by atoms with E-state index < -0.39 is 0 Å². The van der Waals surface area contributed by atoms with Crippen molar-refractivity contribution >= 4 is 11.9 Å². The summed E-state index contributed by atoms with van der Waals surface area (Å²) in [6, 6.07) is 7.28. The van der Waals surface area contributed by atoms with Gasteiger partial charge in [0.15, 0.2) is 5.96 Å². The van der Waals surface area contributed by atoms with Crippen LogP contribution in [0.2, 0.25) is 0 Å². The highest BCUT2D eigenvalue weighted by Gasteiger charge is 2.17. The van der Waals surface area contributed by atoms with Crippen LogP contribution in [0.3, 0.4) is 0 Å². The summed E-state index contributed by atoms with van der Waals surface area (Å²) in [7, 11) is 0. The predicted molar refractivity (Wildman–Crippen MR) is 96.2 cm³/mol. The first-order valence-corrected chi connectivity index (χ1v) is 8.77. The van der Waals surface area contributed by atoms with Crippen LogP contribution in [0.5, 0.6) is 5.75 Å². The van der Waals surface area contributed by atoms with Gasteiger partial charge in [-0.1, -0.05) is 12.1 Å². The Morgan fingerprint density at radius 3 is 2.58 bits per heavy atom. The molecule has 6 nitrogen and oxygen atoms in total. The number of guanidine groups is 1. The van der Waals surface area contributed by atoms with Gasteiger partial charge in [-0.15, -0.1) is 0 Å². The maximum atomic E-state index is 12.0. The summed E-state index contributed by atoms with van der Waals surface area (Å²) in [5.74, 6) is 1.09. The van der Waals surface area contributed by atoms with E-state index in [1.165, 1.54) is 5.56 Å². The summed E-state index contributed by atoms with van der Waals surface area (Å²) in [6.45, 7) is 5.49. The second-order valence-electron chi connectivity index (χ2n) is 5.98. The number of phenolic OH excluding ortho intramolecular Hbond substituents is 1. The SMILES string of the molecule is CCNC(=NCC(=O)N1CCCC1)NCCCc1ccc(O)cc1. The van der Waals surface area contributed by atoms with Gasteiger partial charge < -0.3 is 20.6 Å². The van der Waals surface area contributed by atoms with Crippen LogP contribution < -0.4 is 10.6 Å². The molecule has 0 aromatic heterocycles. The van der Waals surface area contributed by atoms with Crippen molar-refractivity contribution in [2.75, 3.05) is 32.7 Å². The fourth-order valence-corrected chi connectivity index (χ4v) is 2.72. The minimum Gasteiger partial charge on any atom is -0.508 e. The number of hydrogen-bond donors (Lipinski definition) is 3. The van der Waals surface area contributed by atoms with E-state index in [2.05, 4.69) is 15.6 Å². The van der Waals surface area contributed by atoms with Gasteiger partial charge in [-0.2, -0.15) is 0 Å². The lowest BCUT2D eigenvalue weighted by atomic mass is 10.1. The first kappa shape index (κ1) is 18.1. The Labute approximate surface area is 144 Å². The Balaban J connectivity index is 1.72. The van der Waals surface area contributed by atoms with Gasteiger partial charge in [0.25, 0.3) is 0 Å². The lowest BCUT2D eigenvalue weighted by Gasteiger charge is -2.15. The highest BCUT2D eigenvalue weighted by Crippen LogP contribution is 2.10. The first-order chi connectivity index (χ1) is 11.7.